The highest BCUT2D eigenvalue weighted by atomic mass is 32.2. The number of methoxy groups -OCH3 is 5. The van der Waals surface area contributed by atoms with Crippen LogP contribution in [0.5, 0.6) is 28.7 Å². The van der Waals surface area contributed by atoms with Gasteiger partial charge in [0.05, 0.1) is 40.4 Å². The smallest absolute Gasteiger partial charge is 0.243 e. The lowest BCUT2D eigenvalue weighted by Crippen LogP contribution is -2.41. The molecular weight excluding hydrogens is 464 g/mol. The molecule has 0 radical (unpaired) electrons. The number of rotatable bonds is 9. The highest BCUT2D eigenvalue weighted by Gasteiger charge is 2.33. The molecular formula is C23H30N2O8S. The van der Waals surface area contributed by atoms with Crippen molar-refractivity contribution in [1.29, 1.82) is 0 Å². The Bertz CT molecular complexity index is 1100. The Kier molecular flexibility index (Phi) is 8.11. The molecule has 0 aliphatic carbocycles. The number of ether oxygens (including phenoxy) is 5. The third-order valence-corrected chi connectivity index (χ3v) is 7.64. The molecule has 0 atom stereocenters. The van der Waals surface area contributed by atoms with Gasteiger partial charge in [0.2, 0.25) is 21.7 Å². The number of hydrogen-bond donors (Lipinski definition) is 1. The Hall–Kier alpha value is -3.18. The molecule has 1 aliphatic rings. The van der Waals surface area contributed by atoms with Crippen LogP contribution in [-0.4, -0.2) is 67.3 Å². The lowest BCUT2D eigenvalue weighted by molar-refractivity contribution is -0.120. The molecule has 1 heterocycles. The topological polar surface area (TPSA) is 113 Å². The summed E-state index contributed by atoms with van der Waals surface area (Å²) in [4.78, 5) is 13.0. The van der Waals surface area contributed by atoms with Crippen molar-refractivity contribution in [2.45, 2.75) is 17.7 Å². The minimum Gasteiger partial charge on any atom is -0.493 e. The maximum atomic E-state index is 13.1. The molecule has 1 amide bonds. The summed E-state index contributed by atoms with van der Waals surface area (Å²) in [5.74, 6) is 1.53. The summed E-state index contributed by atoms with van der Waals surface area (Å²) in [6.45, 7) is 0.452. The second-order valence-corrected chi connectivity index (χ2v) is 9.54. The van der Waals surface area contributed by atoms with Crippen LogP contribution in [0.25, 0.3) is 0 Å². The SMILES string of the molecule is COc1ccc(S(=O)(=O)N2CCC(C(=O)Nc3cc(OC)c(OC)c(OC)c3)CC2)cc1OC. The largest absolute Gasteiger partial charge is 0.493 e. The van der Waals surface area contributed by atoms with E-state index >= 15 is 0 Å². The van der Waals surface area contributed by atoms with Crippen molar-refractivity contribution in [2.75, 3.05) is 54.0 Å². The van der Waals surface area contributed by atoms with Gasteiger partial charge < -0.3 is 29.0 Å². The fourth-order valence-corrected chi connectivity index (χ4v) is 5.37. The van der Waals surface area contributed by atoms with E-state index in [0.29, 0.717) is 47.3 Å². The summed E-state index contributed by atoms with van der Waals surface area (Å²) in [5.41, 5.74) is 0.500. The van der Waals surface area contributed by atoms with Crippen LogP contribution in [0.15, 0.2) is 35.2 Å². The molecule has 11 heteroatoms. The van der Waals surface area contributed by atoms with E-state index < -0.39 is 10.0 Å². The minimum absolute atomic E-state index is 0.116. The van der Waals surface area contributed by atoms with E-state index in [-0.39, 0.29) is 29.8 Å². The van der Waals surface area contributed by atoms with Gasteiger partial charge in [0.15, 0.2) is 23.0 Å². The number of hydrogen-bond acceptors (Lipinski definition) is 8. The molecule has 0 spiro atoms. The van der Waals surface area contributed by atoms with Crippen molar-refractivity contribution in [3.05, 3.63) is 30.3 Å². The van der Waals surface area contributed by atoms with E-state index in [1.54, 1.807) is 18.2 Å². The van der Waals surface area contributed by atoms with Crippen LogP contribution in [-0.2, 0) is 14.8 Å². The molecule has 0 aromatic heterocycles. The van der Waals surface area contributed by atoms with E-state index in [1.165, 1.54) is 52.0 Å². The highest BCUT2D eigenvalue weighted by Crippen LogP contribution is 2.40. The number of piperidine rings is 1. The number of sulfonamides is 1. The molecule has 34 heavy (non-hydrogen) atoms. The monoisotopic (exact) mass is 494 g/mol. The number of carbonyl (C=O) groups excluding carboxylic acids is 1. The molecule has 1 aliphatic heterocycles. The fourth-order valence-electron chi connectivity index (χ4n) is 3.88. The van der Waals surface area contributed by atoms with Crippen molar-refractivity contribution in [1.82, 2.24) is 4.31 Å². The van der Waals surface area contributed by atoms with Crippen LogP contribution < -0.4 is 29.0 Å². The molecule has 0 saturated carbocycles. The molecule has 0 bridgehead atoms. The zero-order valence-electron chi connectivity index (χ0n) is 19.9. The summed E-state index contributed by atoms with van der Waals surface area (Å²) in [7, 11) is 3.70. The maximum absolute atomic E-state index is 13.1. The van der Waals surface area contributed by atoms with E-state index in [0.717, 1.165) is 0 Å². The summed E-state index contributed by atoms with van der Waals surface area (Å²) >= 11 is 0. The van der Waals surface area contributed by atoms with Crippen LogP contribution >= 0.6 is 0 Å². The summed E-state index contributed by atoms with van der Waals surface area (Å²) in [6, 6.07) is 7.78. The van der Waals surface area contributed by atoms with E-state index in [1.807, 2.05) is 0 Å². The number of amides is 1. The van der Waals surface area contributed by atoms with Gasteiger partial charge in [-0.25, -0.2) is 8.42 Å². The number of carbonyl (C=O) groups is 1. The third kappa shape index (κ3) is 5.15. The average molecular weight is 495 g/mol. The second-order valence-electron chi connectivity index (χ2n) is 7.60. The zero-order chi connectivity index (χ0) is 24.9. The van der Waals surface area contributed by atoms with Crippen molar-refractivity contribution < 1.29 is 36.9 Å². The van der Waals surface area contributed by atoms with Gasteiger partial charge in [0, 0.05) is 42.9 Å². The van der Waals surface area contributed by atoms with Crippen LogP contribution in [0.1, 0.15) is 12.8 Å². The van der Waals surface area contributed by atoms with E-state index in [9.17, 15) is 13.2 Å². The van der Waals surface area contributed by atoms with E-state index in [4.69, 9.17) is 23.7 Å². The Morgan fingerprint density at radius 3 is 1.88 bits per heavy atom. The first-order chi connectivity index (χ1) is 16.3. The fraction of sp³-hybridized carbons (Fsp3) is 0.435. The first-order valence-electron chi connectivity index (χ1n) is 10.6. The number of nitrogens with zero attached hydrogens (tertiary/aromatic N) is 1. The number of benzene rings is 2. The Morgan fingerprint density at radius 1 is 0.824 bits per heavy atom. The van der Waals surface area contributed by atoms with Gasteiger partial charge in [-0.3, -0.25) is 4.79 Å². The molecule has 1 N–H and O–H groups in total. The van der Waals surface area contributed by atoms with Gasteiger partial charge in [0.25, 0.3) is 0 Å². The average Bonchev–Trinajstić information content (AvgIpc) is 2.87. The predicted octanol–water partition coefficient (Wildman–Crippen LogP) is 2.77. The predicted molar refractivity (Wildman–Crippen MR) is 126 cm³/mol. The van der Waals surface area contributed by atoms with Crippen LogP contribution in [0, 0.1) is 5.92 Å². The molecule has 10 nitrogen and oxygen atoms in total. The van der Waals surface area contributed by atoms with Gasteiger partial charge in [-0.2, -0.15) is 4.31 Å². The van der Waals surface area contributed by atoms with E-state index in [2.05, 4.69) is 5.32 Å². The van der Waals surface area contributed by atoms with Crippen LogP contribution in [0.2, 0.25) is 0 Å². The first-order valence-corrected chi connectivity index (χ1v) is 12.1. The quantitative estimate of drug-likeness (QED) is 0.566. The van der Waals surface area contributed by atoms with Crippen molar-refractivity contribution in [2.24, 2.45) is 5.92 Å². The van der Waals surface area contributed by atoms with Gasteiger partial charge >= 0.3 is 0 Å². The molecule has 186 valence electrons. The van der Waals surface area contributed by atoms with Crippen molar-refractivity contribution in [3.63, 3.8) is 0 Å². The lowest BCUT2D eigenvalue weighted by atomic mass is 9.97. The summed E-state index contributed by atoms with van der Waals surface area (Å²) in [6.07, 6.45) is 0.783. The van der Waals surface area contributed by atoms with Crippen molar-refractivity contribution >= 4 is 21.6 Å². The third-order valence-electron chi connectivity index (χ3n) is 5.75. The molecule has 0 unspecified atom stereocenters. The Morgan fingerprint density at radius 2 is 1.38 bits per heavy atom. The van der Waals surface area contributed by atoms with Crippen LogP contribution in [0.4, 0.5) is 5.69 Å². The number of anilines is 1. The summed E-state index contributed by atoms with van der Waals surface area (Å²) in [5, 5.41) is 2.87. The van der Waals surface area contributed by atoms with Gasteiger partial charge in [-0.1, -0.05) is 0 Å². The second kappa shape index (κ2) is 10.8. The van der Waals surface area contributed by atoms with Crippen LogP contribution in [0.3, 0.4) is 0 Å². The lowest BCUT2D eigenvalue weighted by Gasteiger charge is -2.30. The normalized spacial score (nSPS) is 14.9. The Labute approximate surface area is 199 Å². The summed E-state index contributed by atoms with van der Waals surface area (Å²) < 4.78 is 54.0. The molecule has 1 fully saturated rings. The Balaban J connectivity index is 1.68. The van der Waals surface area contributed by atoms with Gasteiger partial charge in [0.1, 0.15) is 0 Å². The van der Waals surface area contributed by atoms with Crippen molar-refractivity contribution in [3.8, 4) is 28.7 Å². The molecule has 2 aromatic carbocycles. The standard InChI is InChI=1S/C23H30N2O8S/c1-29-18-7-6-17(14-19(18)30-2)34(27,28)25-10-8-15(9-11-25)23(26)24-16-12-20(31-3)22(33-5)21(13-16)32-4/h6-7,12-15H,8-11H2,1-5H3,(H,24,26). The first kappa shape index (κ1) is 25.4. The van der Waals surface area contributed by atoms with Gasteiger partial charge in [-0.15, -0.1) is 0 Å². The maximum Gasteiger partial charge on any atom is 0.243 e. The highest BCUT2D eigenvalue weighted by molar-refractivity contribution is 7.89. The molecule has 3 rings (SSSR count). The number of nitrogens with one attached hydrogen (secondary N) is 1. The minimum atomic E-state index is -3.73. The molecule has 1 saturated heterocycles. The molecule has 2 aromatic rings. The zero-order valence-corrected chi connectivity index (χ0v) is 20.7. The van der Waals surface area contributed by atoms with Gasteiger partial charge in [-0.05, 0) is 25.0 Å².